The van der Waals surface area contributed by atoms with Gasteiger partial charge in [-0.1, -0.05) is 0 Å². The molecule has 3 N–H and O–H groups in total. The summed E-state index contributed by atoms with van der Waals surface area (Å²) in [5.74, 6) is -2.31. The number of aromatic nitrogens is 1. The van der Waals surface area contributed by atoms with E-state index in [4.69, 9.17) is 4.74 Å². The fraction of sp³-hybridized carbons (Fsp3) is 0.278. The van der Waals surface area contributed by atoms with E-state index in [1.165, 1.54) is 19.1 Å². The Bertz CT molecular complexity index is 842. The van der Waals surface area contributed by atoms with E-state index in [9.17, 15) is 23.9 Å². The molecule has 0 aliphatic carbocycles. The molecule has 0 fully saturated rings. The van der Waals surface area contributed by atoms with Crippen LogP contribution in [0.25, 0.3) is 0 Å². The predicted molar refractivity (Wildman–Crippen MR) is 91.1 cm³/mol. The molecule has 0 saturated heterocycles. The minimum atomic E-state index is -1.35. The van der Waals surface area contributed by atoms with Crippen LogP contribution in [-0.4, -0.2) is 40.4 Å². The minimum absolute atomic E-state index is 0.166. The van der Waals surface area contributed by atoms with Gasteiger partial charge in [0.2, 0.25) is 6.10 Å². The highest BCUT2D eigenvalue weighted by Gasteiger charge is 2.24. The van der Waals surface area contributed by atoms with Crippen LogP contribution < -0.4 is 10.1 Å². The maximum absolute atomic E-state index is 12.9. The molecule has 1 aromatic carbocycles. The number of rotatable bonds is 7. The number of hydrogen-bond acceptors (Lipinski definition) is 4. The summed E-state index contributed by atoms with van der Waals surface area (Å²) in [4.78, 5) is 38.1. The second-order valence-electron chi connectivity index (χ2n) is 5.79. The largest absolute Gasteiger partial charge is 0.478 e. The lowest BCUT2D eigenvalue weighted by Crippen LogP contribution is -2.40. The van der Waals surface area contributed by atoms with Gasteiger partial charge in [-0.15, -0.1) is 0 Å². The second kappa shape index (κ2) is 7.81. The number of H-pyrrole nitrogens is 1. The summed E-state index contributed by atoms with van der Waals surface area (Å²) >= 11 is 0. The minimum Gasteiger partial charge on any atom is -0.478 e. The fourth-order valence-electron chi connectivity index (χ4n) is 2.64. The van der Waals surface area contributed by atoms with Gasteiger partial charge in [-0.3, -0.25) is 9.59 Å². The summed E-state index contributed by atoms with van der Waals surface area (Å²) in [6.07, 6.45) is -1.35. The number of ketones is 1. The van der Waals surface area contributed by atoms with Gasteiger partial charge in [-0.2, -0.15) is 0 Å². The molecule has 1 atom stereocenters. The third-order valence-electron chi connectivity index (χ3n) is 3.83. The third kappa shape index (κ3) is 4.27. The van der Waals surface area contributed by atoms with Gasteiger partial charge < -0.3 is 20.1 Å². The van der Waals surface area contributed by atoms with Crippen molar-refractivity contribution >= 4 is 17.7 Å². The molecule has 7 nitrogen and oxygen atoms in total. The lowest BCUT2D eigenvalue weighted by atomic mass is 10.1. The summed E-state index contributed by atoms with van der Waals surface area (Å²) in [5, 5.41) is 11.7. The van der Waals surface area contributed by atoms with Gasteiger partial charge in [-0.05, 0) is 50.6 Å². The number of aromatic amines is 1. The van der Waals surface area contributed by atoms with E-state index in [1.807, 2.05) is 0 Å². The molecule has 1 heterocycles. The van der Waals surface area contributed by atoms with Crippen LogP contribution in [0.4, 0.5) is 4.39 Å². The molecule has 8 heteroatoms. The maximum atomic E-state index is 12.9. The highest BCUT2D eigenvalue weighted by molar-refractivity contribution is 6.02. The van der Waals surface area contributed by atoms with E-state index in [1.54, 1.807) is 13.8 Å². The highest BCUT2D eigenvalue weighted by Crippen LogP contribution is 2.18. The first-order valence-electron chi connectivity index (χ1n) is 7.84. The molecule has 2 rings (SSSR count). The number of carboxylic acid groups (broad SMARTS) is 1. The standard InChI is InChI=1S/C18H19FN2O5/c1-9-15(11(3)22)10(2)21-16(9)17(23)20-8-14(18(24)25)26-13-6-4-12(19)5-7-13/h4-7,14,21H,8H2,1-3H3,(H,20,23)(H,24,25). The molecule has 1 amide bonds. The van der Waals surface area contributed by atoms with Gasteiger partial charge in [0.1, 0.15) is 17.3 Å². The molecule has 26 heavy (non-hydrogen) atoms. The molecular weight excluding hydrogens is 343 g/mol. The van der Waals surface area contributed by atoms with Crippen LogP contribution in [-0.2, 0) is 4.79 Å². The smallest absolute Gasteiger partial charge is 0.346 e. The Labute approximate surface area is 149 Å². The summed E-state index contributed by atoms with van der Waals surface area (Å²) in [5.41, 5.74) is 1.70. The number of ether oxygens (including phenoxy) is 1. The van der Waals surface area contributed by atoms with E-state index >= 15 is 0 Å². The van der Waals surface area contributed by atoms with Crippen molar-refractivity contribution in [3.63, 3.8) is 0 Å². The summed E-state index contributed by atoms with van der Waals surface area (Å²) in [6.45, 7) is 4.41. The number of aliphatic carboxylic acids is 1. The molecule has 1 unspecified atom stereocenters. The van der Waals surface area contributed by atoms with Crippen LogP contribution >= 0.6 is 0 Å². The Kier molecular flexibility index (Phi) is 5.76. The van der Waals surface area contributed by atoms with E-state index in [0.717, 1.165) is 12.1 Å². The van der Waals surface area contributed by atoms with Crippen molar-refractivity contribution in [2.75, 3.05) is 6.54 Å². The quantitative estimate of drug-likeness (QED) is 0.655. The number of nitrogens with one attached hydrogen (secondary N) is 2. The lowest BCUT2D eigenvalue weighted by Gasteiger charge is -2.15. The summed E-state index contributed by atoms with van der Waals surface area (Å²) in [7, 11) is 0. The lowest BCUT2D eigenvalue weighted by molar-refractivity contribution is -0.144. The maximum Gasteiger partial charge on any atom is 0.346 e. The molecule has 0 bridgehead atoms. The number of amides is 1. The van der Waals surface area contributed by atoms with Crippen molar-refractivity contribution in [2.45, 2.75) is 26.9 Å². The number of halogens is 1. The Morgan fingerprint density at radius 3 is 2.35 bits per heavy atom. The van der Waals surface area contributed by atoms with Crippen LogP contribution in [0.15, 0.2) is 24.3 Å². The van der Waals surface area contributed by atoms with E-state index < -0.39 is 23.8 Å². The van der Waals surface area contributed by atoms with Crippen LogP contribution in [0.2, 0.25) is 0 Å². The van der Waals surface area contributed by atoms with Crippen LogP contribution in [0.5, 0.6) is 5.75 Å². The van der Waals surface area contributed by atoms with Crippen molar-refractivity contribution in [3.05, 3.63) is 52.6 Å². The molecule has 1 aromatic heterocycles. The topological polar surface area (TPSA) is 108 Å². The molecule has 0 spiro atoms. The molecule has 138 valence electrons. The number of carboxylic acids is 1. The number of hydrogen-bond donors (Lipinski definition) is 3. The molecule has 0 saturated carbocycles. The van der Waals surface area contributed by atoms with Crippen LogP contribution in [0.3, 0.4) is 0 Å². The first-order valence-corrected chi connectivity index (χ1v) is 7.84. The first kappa shape index (κ1) is 19.2. The zero-order chi connectivity index (χ0) is 19.4. The number of Topliss-reactive ketones (excluding diaryl/α,β-unsaturated/α-hetero) is 1. The number of carbonyl (C=O) groups is 3. The van der Waals surface area contributed by atoms with Crippen LogP contribution in [0.1, 0.15) is 39.0 Å². The molecule has 0 aliphatic rings. The van der Waals surface area contributed by atoms with Crippen molar-refractivity contribution in [1.82, 2.24) is 10.3 Å². The average Bonchev–Trinajstić information content (AvgIpc) is 2.87. The molecular formula is C18H19FN2O5. The molecule has 0 radical (unpaired) electrons. The Balaban J connectivity index is 2.08. The third-order valence-corrected chi connectivity index (χ3v) is 3.83. The van der Waals surface area contributed by atoms with Crippen molar-refractivity contribution in [1.29, 1.82) is 0 Å². The SMILES string of the molecule is CC(=O)c1c(C)[nH]c(C(=O)NCC(Oc2ccc(F)cc2)C(=O)O)c1C. The molecule has 0 aliphatic heterocycles. The molecule has 2 aromatic rings. The number of benzene rings is 1. The number of aryl methyl sites for hydroxylation is 1. The van der Waals surface area contributed by atoms with Gasteiger partial charge in [0.25, 0.3) is 5.91 Å². The average molecular weight is 362 g/mol. The van der Waals surface area contributed by atoms with Gasteiger partial charge in [-0.25, -0.2) is 9.18 Å². The van der Waals surface area contributed by atoms with E-state index in [2.05, 4.69) is 10.3 Å². The highest BCUT2D eigenvalue weighted by atomic mass is 19.1. The predicted octanol–water partition coefficient (Wildman–Crippen LogP) is 2.24. The Morgan fingerprint density at radius 1 is 1.23 bits per heavy atom. The second-order valence-corrected chi connectivity index (χ2v) is 5.79. The van der Waals surface area contributed by atoms with Crippen LogP contribution in [0, 0.1) is 19.7 Å². The number of carbonyl (C=O) groups excluding carboxylic acids is 2. The summed E-state index contributed by atoms with van der Waals surface area (Å²) < 4.78 is 18.2. The van der Waals surface area contributed by atoms with Gasteiger partial charge in [0.15, 0.2) is 5.78 Å². The van der Waals surface area contributed by atoms with E-state index in [0.29, 0.717) is 16.8 Å². The first-order chi connectivity index (χ1) is 12.2. The van der Waals surface area contributed by atoms with Gasteiger partial charge in [0, 0.05) is 11.3 Å². The Morgan fingerprint density at radius 2 is 1.85 bits per heavy atom. The Hall–Kier alpha value is -3.16. The van der Waals surface area contributed by atoms with Crippen molar-refractivity contribution < 1.29 is 28.6 Å². The zero-order valence-corrected chi connectivity index (χ0v) is 14.6. The van der Waals surface area contributed by atoms with Gasteiger partial charge in [0.05, 0.1) is 6.54 Å². The van der Waals surface area contributed by atoms with Gasteiger partial charge >= 0.3 is 5.97 Å². The van der Waals surface area contributed by atoms with E-state index in [-0.39, 0.29) is 23.8 Å². The zero-order valence-electron chi connectivity index (χ0n) is 14.6. The van der Waals surface area contributed by atoms with Crippen molar-refractivity contribution in [3.8, 4) is 5.75 Å². The summed E-state index contributed by atoms with van der Waals surface area (Å²) in [6, 6.07) is 4.87. The monoisotopic (exact) mass is 362 g/mol. The normalized spacial score (nSPS) is 11.7. The van der Waals surface area contributed by atoms with Crippen molar-refractivity contribution in [2.24, 2.45) is 0 Å². The fourth-order valence-corrected chi connectivity index (χ4v) is 2.64.